The second-order valence-electron chi connectivity index (χ2n) is 7.69. The van der Waals surface area contributed by atoms with E-state index in [0.29, 0.717) is 6.42 Å². The van der Waals surface area contributed by atoms with Gasteiger partial charge in [-0.1, -0.05) is 20.3 Å². The maximum atomic E-state index is 11.5. The molecule has 7 heteroatoms. The molecule has 2 rings (SSSR count). The molecular formula is C18H27NO5S. The summed E-state index contributed by atoms with van der Waals surface area (Å²) in [5.41, 5.74) is 1.34. The standard InChI is InChI=1S/C18H27NO5S/c1-17(2)14-12-13(25(22,23)24)9-10-15(14)19(18(17,3)4)11-7-5-6-8-16(20)21/h9-10,12H,5-8,11H2,1-4H3,(H,20,21)(H,22,23,24). The van der Waals surface area contributed by atoms with E-state index >= 15 is 0 Å². The Balaban J connectivity index is 2.27. The molecule has 2 N–H and O–H groups in total. The SMILES string of the molecule is CC1(C)c2cc(S(=O)(=O)O)ccc2N(CCCCCC(=O)O)C1(C)C. The summed E-state index contributed by atoms with van der Waals surface area (Å²) in [5.74, 6) is -0.772. The van der Waals surface area contributed by atoms with Crippen molar-refractivity contribution >= 4 is 21.8 Å². The maximum Gasteiger partial charge on any atom is 0.303 e. The van der Waals surface area contributed by atoms with Crippen molar-refractivity contribution < 1.29 is 22.9 Å². The first kappa shape index (κ1) is 19.7. The number of fused-ring (bicyclic) bond motifs is 1. The zero-order valence-corrected chi connectivity index (χ0v) is 16.1. The molecule has 0 fully saturated rings. The van der Waals surface area contributed by atoms with E-state index in [1.54, 1.807) is 12.1 Å². The highest BCUT2D eigenvalue weighted by Crippen LogP contribution is 2.51. The normalized spacial score (nSPS) is 18.2. The summed E-state index contributed by atoms with van der Waals surface area (Å²) in [6.07, 6.45) is 2.54. The van der Waals surface area contributed by atoms with Gasteiger partial charge in [0.25, 0.3) is 10.1 Å². The summed E-state index contributed by atoms with van der Waals surface area (Å²) in [4.78, 5) is 12.8. The molecule has 1 aromatic carbocycles. The second-order valence-corrected chi connectivity index (χ2v) is 9.12. The fourth-order valence-corrected chi connectivity index (χ4v) is 4.01. The molecule has 0 aliphatic carbocycles. The van der Waals surface area contributed by atoms with Crippen LogP contribution in [-0.2, 0) is 20.3 Å². The van der Waals surface area contributed by atoms with Crippen LogP contribution in [0, 0.1) is 0 Å². The van der Waals surface area contributed by atoms with E-state index in [0.717, 1.165) is 30.6 Å². The summed E-state index contributed by atoms with van der Waals surface area (Å²) in [6, 6.07) is 4.76. The van der Waals surface area contributed by atoms with Crippen LogP contribution in [0.2, 0.25) is 0 Å². The molecule has 25 heavy (non-hydrogen) atoms. The molecule has 0 bridgehead atoms. The van der Waals surface area contributed by atoms with Gasteiger partial charge in [0.2, 0.25) is 0 Å². The molecule has 0 radical (unpaired) electrons. The quantitative estimate of drug-likeness (QED) is 0.564. The van der Waals surface area contributed by atoms with Crippen LogP contribution in [0.3, 0.4) is 0 Å². The van der Waals surface area contributed by atoms with E-state index in [4.69, 9.17) is 5.11 Å². The number of anilines is 1. The van der Waals surface area contributed by atoms with E-state index < -0.39 is 16.1 Å². The number of carboxylic acid groups (broad SMARTS) is 1. The lowest BCUT2D eigenvalue weighted by Gasteiger charge is -2.42. The molecule has 0 atom stereocenters. The fourth-order valence-electron chi connectivity index (χ4n) is 3.50. The molecule has 1 aliphatic rings. The van der Waals surface area contributed by atoms with Gasteiger partial charge in [-0.3, -0.25) is 9.35 Å². The Bertz CT molecular complexity index is 768. The Morgan fingerprint density at radius 1 is 1.12 bits per heavy atom. The predicted molar refractivity (Wildman–Crippen MR) is 96.8 cm³/mol. The van der Waals surface area contributed by atoms with E-state index in [2.05, 4.69) is 32.6 Å². The van der Waals surface area contributed by atoms with E-state index in [-0.39, 0.29) is 22.3 Å². The average Bonchev–Trinajstić information content (AvgIpc) is 2.62. The molecule has 140 valence electrons. The number of nitrogens with zero attached hydrogens (tertiary/aromatic N) is 1. The van der Waals surface area contributed by atoms with Gasteiger partial charge in [0.1, 0.15) is 0 Å². The highest BCUT2D eigenvalue weighted by molar-refractivity contribution is 7.85. The molecule has 6 nitrogen and oxygen atoms in total. The third-order valence-corrected chi connectivity index (χ3v) is 6.56. The van der Waals surface area contributed by atoms with Crippen molar-refractivity contribution in [3.8, 4) is 0 Å². The van der Waals surface area contributed by atoms with Gasteiger partial charge in [0, 0.05) is 29.6 Å². The fraction of sp³-hybridized carbons (Fsp3) is 0.611. The monoisotopic (exact) mass is 369 g/mol. The molecule has 0 amide bonds. The summed E-state index contributed by atoms with van der Waals surface area (Å²) < 4.78 is 32.3. The first-order chi connectivity index (χ1) is 11.4. The Morgan fingerprint density at radius 3 is 2.32 bits per heavy atom. The molecule has 0 saturated heterocycles. The number of benzene rings is 1. The van der Waals surface area contributed by atoms with Gasteiger partial charge in [-0.15, -0.1) is 0 Å². The number of aliphatic carboxylic acids is 1. The van der Waals surface area contributed by atoms with Gasteiger partial charge in [-0.05, 0) is 50.5 Å². The molecule has 1 aliphatic heterocycles. The Morgan fingerprint density at radius 2 is 1.76 bits per heavy atom. The van der Waals surface area contributed by atoms with Crippen LogP contribution in [0.5, 0.6) is 0 Å². The third-order valence-electron chi connectivity index (χ3n) is 5.71. The van der Waals surface area contributed by atoms with Crippen molar-refractivity contribution in [3.05, 3.63) is 23.8 Å². The van der Waals surface area contributed by atoms with E-state index in [1.807, 2.05) is 0 Å². The molecule has 0 unspecified atom stereocenters. The second kappa shape index (κ2) is 6.61. The van der Waals surface area contributed by atoms with Crippen molar-refractivity contribution in [1.29, 1.82) is 0 Å². The first-order valence-electron chi connectivity index (χ1n) is 8.50. The van der Waals surface area contributed by atoms with Gasteiger partial charge in [-0.2, -0.15) is 8.42 Å². The molecule has 0 spiro atoms. The number of hydrogen-bond acceptors (Lipinski definition) is 4. The predicted octanol–water partition coefficient (Wildman–Crippen LogP) is 3.45. The number of hydrogen-bond donors (Lipinski definition) is 2. The van der Waals surface area contributed by atoms with Crippen LogP contribution >= 0.6 is 0 Å². The van der Waals surface area contributed by atoms with Crippen molar-refractivity contribution in [2.75, 3.05) is 11.4 Å². The summed E-state index contributed by atoms with van der Waals surface area (Å²) in [6.45, 7) is 9.16. The number of unbranched alkanes of at least 4 members (excludes halogenated alkanes) is 2. The Labute approximate surface area is 149 Å². The van der Waals surface area contributed by atoms with Crippen molar-refractivity contribution in [1.82, 2.24) is 0 Å². The zero-order chi connectivity index (χ0) is 19.0. The maximum absolute atomic E-state index is 11.5. The van der Waals surface area contributed by atoms with Gasteiger partial charge >= 0.3 is 5.97 Å². The lowest BCUT2D eigenvalue weighted by Crippen LogP contribution is -2.51. The van der Waals surface area contributed by atoms with E-state index in [1.165, 1.54) is 6.07 Å². The smallest absolute Gasteiger partial charge is 0.303 e. The van der Waals surface area contributed by atoms with E-state index in [9.17, 15) is 17.8 Å². The minimum absolute atomic E-state index is 0.0848. The summed E-state index contributed by atoms with van der Waals surface area (Å²) >= 11 is 0. The van der Waals surface area contributed by atoms with Gasteiger partial charge in [0.05, 0.1) is 4.90 Å². The Kier molecular flexibility index (Phi) is 5.21. The molecular weight excluding hydrogens is 342 g/mol. The summed E-state index contributed by atoms with van der Waals surface area (Å²) in [5, 5.41) is 8.72. The van der Waals surface area contributed by atoms with Crippen LogP contribution in [0.4, 0.5) is 5.69 Å². The topological polar surface area (TPSA) is 94.9 Å². The number of rotatable bonds is 7. The number of carbonyl (C=O) groups is 1. The van der Waals surface area contributed by atoms with Gasteiger partial charge < -0.3 is 10.0 Å². The van der Waals surface area contributed by atoms with Gasteiger partial charge in [-0.25, -0.2) is 0 Å². The average molecular weight is 369 g/mol. The van der Waals surface area contributed by atoms with Crippen LogP contribution in [0.15, 0.2) is 23.1 Å². The zero-order valence-electron chi connectivity index (χ0n) is 15.2. The van der Waals surface area contributed by atoms with Crippen LogP contribution < -0.4 is 4.90 Å². The minimum Gasteiger partial charge on any atom is -0.481 e. The molecule has 0 saturated carbocycles. The summed E-state index contributed by atoms with van der Waals surface area (Å²) in [7, 11) is -4.24. The largest absolute Gasteiger partial charge is 0.481 e. The molecule has 0 aromatic heterocycles. The minimum atomic E-state index is -4.24. The Hall–Kier alpha value is -1.60. The third kappa shape index (κ3) is 3.67. The van der Waals surface area contributed by atoms with Crippen LogP contribution in [-0.4, -0.2) is 36.1 Å². The highest BCUT2D eigenvalue weighted by atomic mass is 32.2. The highest BCUT2D eigenvalue weighted by Gasteiger charge is 2.50. The molecule has 1 heterocycles. The van der Waals surface area contributed by atoms with Gasteiger partial charge in [0.15, 0.2) is 0 Å². The van der Waals surface area contributed by atoms with Crippen molar-refractivity contribution in [2.24, 2.45) is 0 Å². The number of carboxylic acids is 1. The lowest BCUT2D eigenvalue weighted by atomic mass is 9.72. The van der Waals surface area contributed by atoms with Crippen LogP contribution in [0.25, 0.3) is 0 Å². The van der Waals surface area contributed by atoms with Crippen molar-refractivity contribution in [3.63, 3.8) is 0 Å². The van der Waals surface area contributed by atoms with Crippen molar-refractivity contribution in [2.45, 2.75) is 69.2 Å². The van der Waals surface area contributed by atoms with Crippen LogP contribution in [0.1, 0.15) is 58.9 Å². The first-order valence-corrected chi connectivity index (χ1v) is 9.94. The molecule has 1 aromatic rings. The lowest BCUT2D eigenvalue weighted by molar-refractivity contribution is -0.137.